The Morgan fingerprint density at radius 1 is 0.730 bits per heavy atom. The molecule has 12 heteroatoms. The summed E-state index contributed by atoms with van der Waals surface area (Å²) in [5, 5.41) is 2.67. The third-order valence-corrected chi connectivity index (χ3v) is 8.15. The summed E-state index contributed by atoms with van der Waals surface area (Å²) >= 11 is 0. The van der Waals surface area contributed by atoms with E-state index < -0.39 is 31.7 Å². The van der Waals surface area contributed by atoms with Crippen LogP contribution in [-0.4, -0.2) is 72.7 Å². The topological polar surface area (TPSA) is 134 Å². The average Bonchev–Trinajstić information content (AvgIpc) is 2.78. The lowest BCUT2D eigenvalue weighted by Crippen LogP contribution is -2.43. The van der Waals surface area contributed by atoms with Gasteiger partial charge in [-0.1, -0.05) is 35.4 Å². The van der Waals surface area contributed by atoms with E-state index in [1.54, 1.807) is 69.3 Å². The van der Waals surface area contributed by atoms with Crippen LogP contribution >= 0.6 is 0 Å². The van der Waals surface area contributed by atoms with Crippen molar-refractivity contribution in [1.82, 2.24) is 19.7 Å². The van der Waals surface area contributed by atoms with Crippen molar-refractivity contribution in [3.05, 3.63) is 59.7 Å². The van der Waals surface area contributed by atoms with Gasteiger partial charge in [0.2, 0.25) is 20.0 Å². The quantitative estimate of drug-likeness (QED) is 0.346. The molecule has 0 aliphatic rings. The van der Waals surface area contributed by atoms with Crippen LogP contribution in [0.1, 0.15) is 31.9 Å². The third kappa shape index (κ3) is 11.2. The molecule has 0 spiro atoms. The first-order chi connectivity index (χ1) is 17.2. The number of rotatable bonds is 13. The minimum absolute atomic E-state index is 0.105. The zero-order valence-corrected chi connectivity index (χ0v) is 23.7. The van der Waals surface area contributed by atoms with E-state index in [2.05, 4.69) is 14.8 Å². The normalized spacial score (nSPS) is 12.5. The Bertz CT molecular complexity index is 1140. The molecule has 0 aliphatic heterocycles. The van der Waals surface area contributed by atoms with Crippen LogP contribution < -0.4 is 14.8 Å². The summed E-state index contributed by atoms with van der Waals surface area (Å²) in [6, 6.07) is 13.1. The fraction of sp³-hybridized carbons (Fsp3) is 0.480. The zero-order valence-electron chi connectivity index (χ0n) is 22.1. The van der Waals surface area contributed by atoms with Crippen molar-refractivity contribution in [1.29, 1.82) is 0 Å². The lowest BCUT2D eigenvalue weighted by molar-refractivity contribution is 0.0522. The zero-order chi connectivity index (χ0) is 27.7. The number of carbonyl (C=O) groups excluding carboxylic acids is 1. The highest BCUT2D eigenvalue weighted by Crippen LogP contribution is 2.11. The van der Waals surface area contributed by atoms with Crippen LogP contribution in [0.25, 0.3) is 0 Å². The Balaban J connectivity index is 1.96. The van der Waals surface area contributed by atoms with Crippen molar-refractivity contribution < 1.29 is 26.4 Å². The van der Waals surface area contributed by atoms with Gasteiger partial charge in [-0.25, -0.2) is 31.1 Å². The van der Waals surface area contributed by atoms with Crippen LogP contribution in [0.4, 0.5) is 4.79 Å². The summed E-state index contributed by atoms with van der Waals surface area (Å²) in [5.74, 6) is 0. The van der Waals surface area contributed by atoms with E-state index in [0.29, 0.717) is 19.6 Å². The number of amides is 1. The largest absolute Gasteiger partial charge is 0.444 e. The molecule has 0 aromatic heterocycles. The van der Waals surface area contributed by atoms with Gasteiger partial charge in [-0.05, 0) is 58.9 Å². The first-order valence-electron chi connectivity index (χ1n) is 12.0. The van der Waals surface area contributed by atoms with Crippen LogP contribution in [0.5, 0.6) is 0 Å². The molecule has 2 rings (SSSR count). The van der Waals surface area contributed by atoms with Gasteiger partial charge in [-0.2, -0.15) is 0 Å². The highest BCUT2D eigenvalue weighted by atomic mass is 32.2. The molecule has 206 valence electrons. The predicted octanol–water partition coefficient (Wildman–Crippen LogP) is 2.39. The highest BCUT2D eigenvalue weighted by Gasteiger charge is 2.18. The molecule has 2 aromatic carbocycles. The first kappa shape index (κ1) is 30.7. The molecule has 0 bridgehead atoms. The maximum absolute atomic E-state index is 12.6. The molecule has 1 amide bonds. The van der Waals surface area contributed by atoms with Gasteiger partial charge in [-0.15, -0.1) is 0 Å². The van der Waals surface area contributed by atoms with Crippen molar-refractivity contribution in [2.45, 2.75) is 50.0 Å². The molecule has 0 atom stereocenters. The summed E-state index contributed by atoms with van der Waals surface area (Å²) in [6.45, 7) is 10.4. The molecule has 0 saturated heterocycles. The van der Waals surface area contributed by atoms with E-state index in [-0.39, 0.29) is 29.4 Å². The molecule has 0 unspecified atom stereocenters. The second kappa shape index (κ2) is 13.3. The number of benzene rings is 2. The summed E-state index contributed by atoms with van der Waals surface area (Å²) in [6.07, 6.45) is -0.562. The van der Waals surface area contributed by atoms with Crippen molar-refractivity contribution in [3.63, 3.8) is 0 Å². The van der Waals surface area contributed by atoms with Crippen molar-refractivity contribution >= 4 is 26.1 Å². The number of nitrogens with one attached hydrogen (secondary N) is 3. The van der Waals surface area contributed by atoms with Gasteiger partial charge in [0.05, 0.1) is 9.79 Å². The first-order valence-corrected chi connectivity index (χ1v) is 15.0. The molecule has 37 heavy (non-hydrogen) atoms. The van der Waals surface area contributed by atoms with Crippen LogP contribution in [0.2, 0.25) is 0 Å². The van der Waals surface area contributed by atoms with Gasteiger partial charge in [-0.3, -0.25) is 4.90 Å². The predicted molar refractivity (Wildman–Crippen MR) is 143 cm³/mol. The maximum atomic E-state index is 12.6. The van der Waals surface area contributed by atoms with Gasteiger partial charge < -0.3 is 10.1 Å². The average molecular weight is 555 g/mol. The second-order valence-electron chi connectivity index (χ2n) is 9.69. The van der Waals surface area contributed by atoms with Gasteiger partial charge in [0, 0.05) is 39.3 Å². The van der Waals surface area contributed by atoms with Crippen molar-refractivity contribution in [2.24, 2.45) is 0 Å². The number of hydrogen-bond donors (Lipinski definition) is 3. The SMILES string of the molecule is Cc1ccc(S(=O)(=O)NCCN(CCNC(=O)OC(C)(C)C)CCNS(=O)(=O)c2ccc(C)cc2)cc1. The molecular formula is C25H38N4O6S2. The number of hydrogen-bond acceptors (Lipinski definition) is 7. The summed E-state index contributed by atoms with van der Waals surface area (Å²) < 4.78 is 60.8. The molecule has 0 radical (unpaired) electrons. The van der Waals surface area contributed by atoms with E-state index in [0.717, 1.165) is 11.1 Å². The monoisotopic (exact) mass is 554 g/mol. The maximum Gasteiger partial charge on any atom is 0.407 e. The Kier molecular flexibility index (Phi) is 11.1. The number of alkyl carbamates (subject to hydrolysis) is 1. The van der Waals surface area contributed by atoms with Crippen LogP contribution in [-0.2, 0) is 24.8 Å². The Morgan fingerprint density at radius 3 is 1.49 bits per heavy atom. The molecule has 3 N–H and O–H groups in total. The van der Waals surface area contributed by atoms with E-state index in [1.165, 1.54) is 0 Å². The molecule has 0 heterocycles. The second-order valence-corrected chi connectivity index (χ2v) is 13.2. The number of ether oxygens (including phenoxy) is 1. The number of nitrogens with zero attached hydrogens (tertiary/aromatic N) is 1. The smallest absolute Gasteiger partial charge is 0.407 e. The van der Waals surface area contributed by atoms with Crippen molar-refractivity contribution in [2.75, 3.05) is 39.3 Å². The minimum atomic E-state index is -3.69. The fourth-order valence-electron chi connectivity index (χ4n) is 3.24. The minimum Gasteiger partial charge on any atom is -0.444 e. The fourth-order valence-corrected chi connectivity index (χ4v) is 5.29. The Labute approximate surface area is 220 Å². The van der Waals surface area contributed by atoms with E-state index in [9.17, 15) is 21.6 Å². The van der Waals surface area contributed by atoms with E-state index in [1.807, 2.05) is 18.7 Å². The summed E-state index contributed by atoms with van der Waals surface area (Å²) in [5.41, 5.74) is 1.28. The molecule has 0 saturated carbocycles. The van der Waals surface area contributed by atoms with Gasteiger partial charge in [0.15, 0.2) is 0 Å². The lowest BCUT2D eigenvalue weighted by atomic mass is 10.2. The molecule has 0 aliphatic carbocycles. The van der Waals surface area contributed by atoms with Crippen molar-refractivity contribution in [3.8, 4) is 0 Å². The molecular weight excluding hydrogens is 516 g/mol. The molecule has 0 fully saturated rings. The summed E-state index contributed by atoms with van der Waals surface area (Å²) in [7, 11) is -7.38. The van der Waals surface area contributed by atoms with Crippen LogP contribution in [0.3, 0.4) is 0 Å². The van der Waals surface area contributed by atoms with E-state index >= 15 is 0 Å². The third-order valence-electron chi connectivity index (χ3n) is 5.20. The number of carbonyl (C=O) groups is 1. The molecule has 10 nitrogen and oxygen atoms in total. The van der Waals surface area contributed by atoms with Gasteiger partial charge in [0.25, 0.3) is 0 Å². The Morgan fingerprint density at radius 2 is 1.11 bits per heavy atom. The number of aryl methyl sites for hydroxylation is 2. The highest BCUT2D eigenvalue weighted by molar-refractivity contribution is 7.89. The Hall–Kier alpha value is -2.51. The molecule has 2 aromatic rings. The lowest BCUT2D eigenvalue weighted by Gasteiger charge is -2.24. The summed E-state index contributed by atoms with van der Waals surface area (Å²) in [4.78, 5) is 14.1. The standard InChI is InChI=1S/C25H38N4O6S2/c1-20-6-10-22(11-7-20)36(31,32)27-15-18-29(17-14-26-24(30)35-25(3,4)5)19-16-28-37(33,34)23-12-8-21(2)9-13-23/h6-13,27-28H,14-19H2,1-5H3,(H,26,30). The van der Waals surface area contributed by atoms with Gasteiger partial charge in [0.1, 0.15) is 5.60 Å². The number of sulfonamides is 2. The van der Waals surface area contributed by atoms with Crippen LogP contribution in [0.15, 0.2) is 58.3 Å². The van der Waals surface area contributed by atoms with E-state index in [4.69, 9.17) is 4.74 Å². The van der Waals surface area contributed by atoms with Crippen LogP contribution in [0, 0.1) is 13.8 Å². The van der Waals surface area contributed by atoms with Gasteiger partial charge >= 0.3 is 6.09 Å².